The Labute approximate surface area is 119 Å². The molecule has 0 aliphatic heterocycles. The SMILES string of the molecule is CCOC(=O)CCNC(=O)Cc1ccc(OCC)cc1. The number of esters is 1. The zero-order valence-corrected chi connectivity index (χ0v) is 12.0. The molecule has 0 radical (unpaired) electrons. The van der Waals surface area contributed by atoms with Crippen LogP contribution in [0.15, 0.2) is 24.3 Å². The first kappa shape index (κ1) is 16.0. The molecule has 5 nitrogen and oxygen atoms in total. The van der Waals surface area contributed by atoms with Crippen molar-refractivity contribution in [2.75, 3.05) is 19.8 Å². The molecule has 0 saturated carbocycles. The first-order valence-corrected chi connectivity index (χ1v) is 6.79. The molecule has 0 spiro atoms. The quantitative estimate of drug-likeness (QED) is 0.736. The van der Waals surface area contributed by atoms with E-state index in [4.69, 9.17) is 9.47 Å². The van der Waals surface area contributed by atoms with Crippen molar-refractivity contribution < 1.29 is 19.1 Å². The van der Waals surface area contributed by atoms with Gasteiger partial charge in [0.2, 0.25) is 5.91 Å². The maximum absolute atomic E-state index is 11.7. The van der Waals surface area contributed by atoms with E-state index in [9.17, 15) is 9.59 Å². The fraction of sp³-hybridized carbons (Fsp3) is 0.467. The van der Waals surface area contributed by atoms with E-state index in [-0.39, 0.29) is 24.7 Å². The lowest BCUT2D eigenvalue weighted by Crippen LogP contribution is -2.27. The van der Waals surface area contributed by atoms with Crippen LogP contribution in [-0.4, -0.2) is 31.6 Å². The van der Waals surface area contributed by atoms with Gasteiger partial charge in [-0.15, -0.1) is 0 Å². The summed E-state index contributed by atoms with van der Waals surface area (Å²) in [6.45, 7) is 4.95. The van der Waals surface area contributed by atoms with Gasteiger partial charge in [0, 0.05) is 6.54 Å². The van der Waals surface area contributed by atoms with Gasteiger partial charge in [0.25, 0.3) is 0 Å². The molecule has 5 heteroatoms. The van der Waals surface area contributed by atoms with Crippen LogP contribution < -0.4 is 10.1 Å². The molecule has 0 aromatic heterocycles. The number of carbonyl (C=O) groups is 2. The van der Waals surface area contributed by atoms with Crippen molar-refractivity contribution in [3.05, 3.63) is 29.8 Å². The molecule has 0 saturated heterocycles. The molecule has 1 N–H and O–H groups in total. The highest BCUT2D eigenvalue weighted by Crippen LogP contribution is 2.12. The summed E-state index contributed by atoms with van der Waals surface area (Å²) < 4.78 is 10.1. The van der Waals surface area contributed by atoms with Crippen LogP contribution >= 0.6 is 0 Å². The molecular weight excluding hydrogens is 258 g/mol. The van der Waals surface area contributed by atoms with E-state index in [0.717, 1.165) is 11.3 Å². The number of ether oxygens (including phenoxy) is 2. The first-order chi connectivity index (χ1) is 9.65. The second kappa shape index (κ2) is 8.96. The van der Waals surface area contributed by atoms with Crippen molar-refractivity contribution in [1.29, 1.82) is 0 Å². The Kier molecular flexibility index (Phi) is 7.17. The molecule has 1 aromatic carbocycles. The molecule has 1 aromatic rings. The number of rotatable bonds is 8. The molecule has 0 bridgehead atoms. The van der Waals surface area contributed by atoms with Crippen molar-refractivity contribution in [2.45, 2.75) is 26.7 Å². The van der Waals surface area contributed by atoms with Crippen LogP contribution in [0.2, 0.25) is 0 Å². The average Bonchev–Trinajstić information content (AvgIpc) is 2.41. The van der Waals surface area contributed by atoms with Crippen LogP contribution in [-0.2, 0) is 20.7 Å². The Balaban J connectivity index is 2.29. The van der Waals surface area contributed by atoms with Crippen LogP contribution in [0.4, 0.5) is 0 Å². The van der Waals surface area contributed by atoms with Gasteiger partial charge in [0.05, 0.1) is 26.1 Å². The molecule has 20 heavy (non-hydrogen) atoms. The zero-order valence-electron chi connectivity index (χ0n) is 12.0. The van der Waals surface area contributed by atoms with Crippen molar-refractivity contribution in [3.63, 3.8) is 0 Å². The first-order valence-electron chi connectivity index (χ1n) is 6.79. The maximum atomic E-state index is 11.7. The summed E-state index contributed by atoms with van der Waals surface area (Å²) in [7, 11) is 0. The van der Waals surface area contributed by atoms with Gasteiger partial charge < -0.3 is 14.8 Å². The van der Waals surface area contributed by atoms with Crippen molar-refractivity contribution in [1.82, 2.24) is 5.32 Å². The van der Waals surface area contributed by atoms with E-state index in [0.29, 0.717) is 19.8 Å². The van der Waals surface area contributed by atoms with Gasteiger partial charge in [-0.1, -0.05) is 12.1 Å². The summed E-state index contributed by atoms with van der Waals surface area (Å²) >= 11 is 0. The highest BCUT2D eigenvalue weighted by molar-refractivity contribution is 5.79. The summed E-state index contributed by atoms with van der Waals surface area (Å²) in [6, 6.07) is 7.39. The summed E-state index contributed by atoms with van der Waals surface area (Å²) in [5.41, 5.74) is 0.905. The molecular formula is C15H21NO4. The van der Waals surface area contributed by atoms with Gasteiger partial charge in [-0.2, -0.15) is 0 Å². The van der Waals surface area contributed by atoms with Crippen LogP contribution in [0.5, 0.6) is 5.75 Å². The van der Waals surface area contributed by atoms with E-state index in [2.05, 4.69) is 5.32 Å². The Hall–Kier alpha value is -2.04. The van der Waals surface area contributed by atoms with Crippen LogP contribution in [0.1, 0.15) is 25.8 Å². The largest absolute Gasteiger partial charge is 0.494 e. The Morgan fingerprint density at radius 3 is 2.40 bits per heavy atom. The lowest BCUT2D eigenvalue weighted by Gasteiger charge is -2.06. The van der Waals surface area contributed by atoms with Gasteiger partial charge in [0.1, 0.15) is 5.75 Å². The van der Waals surface area contributed by atoms with E-state index >= 15 is 0 Å². The minimum atomic E-state index is -0.297. The van der Waals surface area contributed by atoms with Gasteiger partial charge in [-0.3, -0.25) is 9.59 Å². The number of hydrogen-bond acceptors (Lipinski definition) is 4. The van der Waals surface area contributed by atoms with Crippen LogP contribution in [0.25, 0.3) is 0 Å². The Bertz CT molecular complexity index is 428. The van der Waals surface area contributed by atoms with Crippen LogP contribution in [0.3, 0.4) is 0 Å². The third-order valence-corrected chi connectivity index (χ3v) is 2.56. The predicted octanol–water partition coefficient (Wildman–Crippen LogP) is 1.70. The summed E-state index contributed by atoms with van der Waals surface area (Å²) in [5, 5.41) is 2.69. The fourth-order valence-electron chi connectivity index (χ4n) is 1.66. The van der Waals surface area contributed by atoms with Crippen molar-refractivity contribution in [3.8, 4) is 5.75 Å². The zero-order chi connectivity index (χ0) is 14.8. The highest BCUT2D eigenvalue weighted by Gasteiger charge is 2.06. The van der Waals surface area contributed by atoms with E-state index in [1.807, 2.05) is 31.2 Å². The maximum Gasteiger partial charge on any atom is 0.307 e. The number of benzene rings is 1. The number of carbonyl (C=O) groups excluding carboxylic acids is 2. The molecule has 0 heterocycles. The molecule has 1 amide bonds. The van der Waals surface area contributed by atoms with Gasteiger partial charge >= 0.3 is 5.97 Å². The Morgan fingerprint density at radius 1 is 1.10 bits per heavy atom. The third-order valence-electron chi connectivity index (χ3n) is 2.56. The molecule has 0 fully saturated rings. The van der Waals surface area contributed by atoms with E-state index in [1.165, 1.54) is 0 Å². The second-order valence-corrected chi connectivity index (χ2v) is 4.16. The second-order valence-electron chi connectivity index (χ2n) is 4.16. The summed E-state index contributed by atoms with van der Waals surface area (Å²) in [5.74, 6) is 0.381. The molecule has 0 atom stereocenters. The van der Waals surface area contributed by atoms with Gasteiger partial charge in [0.15, 0.2) is 0 Å². The van der Waals surface area contributed by atoms with E-state index in [1.54, 1.807) is 6.92 Å². The van der Waals surface area contributed by atoms with Crippen LogP contribution in [0, 0.1) is 0 Å². The Morgan fingerprint density at radius 2 is 1.80 bits per heavy atom. The normalized spacial score (nSPS) is 9.90. The van der Waals surface area contributed by atoms with Crippen molar-refractivity contribution in [2.24, 2.45) is 0 Å². The number of hydrogen-bond donors (Lipinski definition) is 1. The number of nitrogens with one attached hydrogen (secondary N) is 1. The number of amides is 1. The summed E-state index contributed by atoms with van der Waals surface area (Å²) in [4.78, 5) is 22.8. The summed E-state index contributed by atoms with van der Waals surface area (Å²) in [6.07, 6.45) is 0.484. The smallest absolute Gasteiger partial charge is 0.307 e. The molecule has 0 unspecified atom stereocenters. The molecule has 110 valence electrons. The minimum Gasteiger partial charge on any atom is -0.494 e. The molecule has 0 aliphatic rings. The lowest BCUT2D eigenvalue weighted by molar-refractivity contribution is -0.143. The average molecular weight is 279 g/mol. The topological polar surface area (TPSA) is 64.6 Å². The highest BCUT2D eigenvalue weighted by atomic mass is 16.5. The monoisotopic (exact) mass is 279 g/mol. The van der Waals surface area contributed by atoms with E-state index < -0.39 is 0 Å². The molecule has 1 rings (SSSR count). The minimum absolute atomic E-state index is 0.113. The van der Waals surface area contributed by atoms with Gasteiger partial charge in [-0.05, 0) is 31.5 Å². The third kappa shape index (κ3) is 6.22. The standard InChI is InChI=1S/C15H21NO4/c1-3-19-13-7-5-12(6-8-13)11-14(17)16-10-9-15(18)20-4-2/h5-8H,3-4,9-11H2,1-2H3,(H,16,17). The van der Waals surface area contributed by atoms with Crippen molar-refractivity contribution >= 4 is 11.9 Å². The van der Waals surface area contributed by atoms with Gasteiger partial charge in [-0.25, -0.2) is 0 Å². The predicted molar refractivity (Wildman–Crippen MR) is 75.6 cm³/mol. The fourth-order valence-corrected chi connectivity index (χ4v) is 1.66. The lowest BCUT2D eigenvalue weighted by atomic mass is 10.1. The molecule has 0 aliphatic carbocycles.